The predicted octanol–water partition coefficient (Wildman–Crippen LogP) is -14.1. The molecule has 10 heterocycles. The molecule has 0 unspecified atom stereocenters. The molecule has 3 aromatic rings. The number of anilines is 6. The third-order valence-corrected chi connectivity index (χ3v) is 30.7. The minimum absolute atomic E-state index is 0.0160. The second-order valence-corrected chi connectivity index (χ2v) is 41.5. The first-order valence-electron chi connectivity index (χ1n) is 39.7. The Balaban J connectivity index is 0.000000247. The molecular weight excluding hydrogens is 1810 g/mol. The van der Waals surface area contributed by atoms with Gasteiger partial charge in [-0.25, -0.2) is 9.40 Å². The number of nitrogens with zero attached hydrogens (tertiary/aromatic N) is 11. The van der Waals surface area contributed by atoms with Crippen molar-refractivity contribution in [1.82, 2.24) is 60.3 Å². The number of hydrogen-bond acceptors (Lipinski definition) is 40. The van der Waals surface area contributed by atoms with Crippen LogP contribution in [0, 0.1) is 29.6 Å². The number of nitrogens with two attached hydrogens (primary N) is 10. The van der Waals surface area contributed by atoms with Gasteiger partial charge in [0.1, 0.15) is 45.0 Å². The molecule has 0 aliphatic carbocycles. The fraction of sp³-hybridized carbons (Fsp3) is 0.767. The van der Waals surface area contributed by atoms with Crippen LogP contribution < -0.4 is 80.9 Å². The zero-order chi connectivity index (χ0) is 96.9. The maximum Gasteiger partial charge on any atom is 0.451 e. The first-order valence-corrected chi connectivity index (χ1v) is 46.9. The number of aromatic nitrogens is 6. The van der Waals surface area contributed by atoms with Crippen molar-refractivity contribution in [2.75, 3.05) is 136 Å². The van der Waals surface area contributed by atoms with Crippen molar-refractivity contribution in [3.05, 3.63) is 18.5 Å². The monoisotopic (exact) mass is 1930 g/mol. The largest absolute Gasteiger partial charge is 0.480 e. The molecule has 0 saturated carbocycles. The highest BCUT2D eigenvalue weighted by atomic mass is 32.2. The van der Waals surface area contributed by atoms with E-state index in [2.05, 4.69) is 39.0 Å². The van der Waals surface area contributed by atoms with Gasteiger partial charge in [0.25, 0.3) is 20.4 Å². The Morgan fingerprint density at radius 2 is 0.750 bits per heavy atom. The Kier molecular flexibility index (Phi) is 37.8. The zero-order valence-electron chi connectivity index (χ0n) is 70.3. The lowest BCUT2D eigenvalue weighted by atomic mass is 9.78. The topological polar surface area (TPSA) is 968 Å². The summed E-state index contributed by atoms with van der Waals surface area (Å²) in [4.78, 5) is 58.0. The molecule has 7 aliphatic heterocycles. The molecule has 10 rings (SSSR count). The van der Waals surface area contributed by atoms with Crippen LogP contribution in [0.4, 0.5) is 34.6 Å². The maximum absolute atomic E-state index is 12.6. The normalized spacial score (nSPS) is 26.0. The van der Waals surface area contributed by atoms with Crippen LogP contribution in [0.5, 0.6) is 0 Å². The number of carboxylic acid groups (broad SMARTS) is 5. The summed E-state index contributed by atoms with van der Waals surface area (Å²) in [5, 5.41) is 147. The van der Waals surface area contributed by atoms with Crippen LogP contribution >= 0.6 is 0 Å². The summed E-state index contributed by atoms with van der Waals surface area (Å²) in [6.45, 7) is -1.59. The van der Waals surface area contributed by atoms with Crippen LogP contribution in [0.2, 0.25) is 31.6 Å². The van der Waals surface area contributed by atoms with Crippen molar-refractivity contribution < 1.29 is 151 Å². The van der Waals surface area contributed by atoms with E-state index >= 15 is 0 Å². The molecule has 0 spiro atoms. The van der Waals surface area contributed by atoms with Crippen molar-refractivity contribution in [3.63, 3.8) is 0 Å². The SMILES string of the molecule is Cn1ccc(NS(=O)(=O)N2C[C@H](CCCB(O)O)[C@](N)(C(=O)O)C2)c1N.Cn1ncc(NS(=O)(=O)N2C[C@H](CCCB(O)O)[C@](N)(C(=O)O)C2)c1N.Cn1nnc(N)c1NS(=O)(=O)N1C[C@H](CCCB(O)O)[C@](N)(C(=O)O)C1.NC1(CNS(=O)(=O)N2C[C@H](CCCB(O)O)[C@](N)(C(=O)O)C2)COC1.NCC1(NS(=O)(=O)N2C[C@H](CCCB(O)O)[C@](N)(C(=O)O)C2)COC1. The van der Waals surface area contributed by atoms with E-state index in [4.69, 9.17) is 117 Å². The van der Waals surface area contributed by atoms with Gasteiger partial charge in [0.15, 0.2) is 11.6 Å². The molecule has 726 valence electrons. The van der Waals surface area contributed by atoms with Crippen molar-refractivity contribution in [2.45, 2.75) is 135 Å². The summed E-state index contributed by atoms with van der Waals surface area (Å²) in [5.41, 5.74) is 48.3. The molecule has 0 radical (unpaired) electrons. The summed E-state index contributed by atoms with van der Waals surface area (Å²) in [6, 6.07) is 1.50. The third kappa shape index (κ3) is 27.7. The standard InChI is InChI=1S/C13H24BN5O6S.C12H23BN6O6S.2C12H25BN4O7S.C11H22BN7O6S/c1-18-6-4-10(11(18)15)17-26(24,25)19-7-9(3-2-5-14(22)23)13(16,8-19)12(20)21;1-18-10(14)9(5-16-18)17-26(24,25)19-6-8(3-2-4-13(22)23)12(15,7-19)11(20)21;14-11(7-24-8-11)5-16-25(22,23)17-4-9(2-1-3-13(20)21)12(15,6-17)10(18)19;14-5-11(7-24-8-11)16-25(22,23)17-4-9(2-1-3-13(20)21)12(15,6-17)10(18)19;1-18-9(8(13)15-17-18)16-26(24,25)19-5-7(3-2-4-12(22)23)11(14,6-19)10(20)21/h4,6,9,17,22-23H,2-3,5,7-8,15-16H2,1H3,(H,20,21);5,8,17,22-23H,2-4,6-7,14-15H2,1H3,(H,20,21);2*9,16,20-21H,1-8,14-15H2,(H,18,19);7,16,22-23H,2-6,13-14H2,1H3,(H,20,21)/t9-,13-;8-,12-;2*9-,12-;7-,11-/m00000/s1. The second kappa shape index (κ2) is 44.1. The highest BCUT2D eigenvalue weighted by Crippen LogP contribution is 2.39. The third-order valence-electron chi connectivity index (χ3n) is 23.3. The van der Waals surface area contributed by atoms with E-state index in [1.165, 1.54) is 28.6 Å². The molecule has 40 N–H and O–H groups in total. The highest BCUT2D eigenvalue weighted by Gasteiger charge is 2.58. The number of ether oxygens (including phenoxy) is 2. The predicted molar refractivity (Wildman–Crippen MR) is 459 cm³/mol. The number of hydrogen-bond donors (Lipinski definition) is 30. The van der Waals surface area contributed by atoms with Crippen LogP contribution in [-0.4, -0.2) is 378 Å². The number of aliphatic carboxylic acids is 5. The first kappa shape index (κ1) is 110. The second-order valence-electron chi connectivity index (χ2n) is 33.1. The molecular formula is C60H119B5N26O32S5. The minimum atomic E-state index is -4.15. The Labute approximate surface area is 739 Å². The smallest absolute Gasteiger partial charge is 0.451 e. The Hall–Kier alpha value is -7.19. The van der Waals surface area contributed by atoms with Gasteiger partial charge in [-0.2, -0.15) is 73.4 Å². The quantitative estimate of drug-likeness (QED) is 0.0234. The summed E-state index contributed by atoms with van der Waals surface area (Å²) in [7, 11) is -23.1. The van der Waals surface area contributed by atoms with E-state index in [1.54, 1.807) is 20.3 Å². The molecule has 0 amide bonds. The summed E-state index contributed by atoms with van der Waals surface area (Å²) < 4.78 is 156. The van der Waals surface area contributed by atoms with Gasteiger partial charge in [0.2, 0.25) is 0 Å². The van der Waals surface area contributed by atoms with E-state index in [-0.39, 0.29) is 190 Å². The van der Waals surface area contributed by atoms with Crippen LogP contribution in [0.3, 0.4) is 0 Å². The van der Waals surface area contributed by atoms with Crippen LogP contribution in [-0.2, 0) is 106 Å². The van der Waals surface area contributed by atoms with Gasteiger partial charge >= 0.3 is 96.1 Å². The van der Waals surface area contributed by atoms with Gasteiger partial charge in [-0.05, 0) is 69.8 Å². The van der Waals surface area contributed by atoms with E-state index < -0.39 is 204 Å². The molecule has 128 heavy (non-hydrogen) atoms. The molecule has 10 atom stereocenters. The van der Waals surface area contributed by atoms with E-state index in [0.717, 1.165) is 26.2 Å². The van der Waals surface area contributed by atoms with Gasteiger partial charge in [-0.15, -0.1) is 5.10 Å². The summed E-state index contributed by atoms with van der Waals surface area (Å²) in [6.07, 6.45) is 5.85. The minimum Gasteiger partial charge on any atom is -0.480 e. The zero-order valence-corrected chi connectivity index (χ0v) is 74.4. The highest BCUT2D eigenvalue weighted by molar-refractivity contribution is 7.91. The van der Waals surface area contributed by atoms with Gasteiger partial charge in [-0.3, -0.25) is 42.8 Å². The lowest BCUT2D eigenvalue weighted by molar-refractivity contribution is -0.145. The van der Waals surface area contributed by atoms with Crippen molar-refractivity contribution in [1.29, 1.82) is 0 Å². The number of carbonyl (C=O) groups is 5. The van der Waals surface area contributed by atoms with E-state index in [0.29, 0.717) is 25.7 Å². The average Bonchev–Trinajstić information content (AvgIpc) is 1.56. The van der Waals surface area contributed by atoms with Gasteiger partial charge in [-0.1, -0.05) is 37.3 Å². The van der Waals surface area contributed by atoms with Crippen LogP contribution in [0.1, 0.15) is 64.2 Å². The van der Waals surface area contributed by atoms with Crippen molar-refractivity contribution in [3.8, 4) is 0 Å². The van der Waals surface area contributed by atoms with E-state index in [9.17, 15) is 91.6 Å². The number of rotatable bonds is 42. The number of nitrogens with one attached hydrogen (secondary N) is 5. The molecule has 68 heteroatoms. The number of nitrogen functional groups attached to an aromatic ring is 3. The molecule has 7 aliphatic rings. The Bertz CT molecular complexity index is 4730. The lowest BCUT2D eigenvalue weighted by Crippen LogP contribution is -2.68. The van der Waals surface area contributed by atoms with Crippen LogP contribution in [0.25, 0.3) is 0 Å². The molecule has 0 bridgehead atoms. The van der Waals surface area contributed by atoms with E-state index in [1.807, 2.05) is 0 Å². The fourth-order valence-electron chi connectivity index (χ4n) is 15.0. The Morgan fingerprint density at radius 3 is 0.992 bits per heavy atom. The molecule has 7 saturated heterocycles. The first-order chi connectivity index (χ1) is 58.9. The summed E-state index contributed by atoms with van der Waals surface area (Å²) >= 11 is 0. The lowest BCUT2D eigenvalue weighted by Gasteiger charge is -2.41. The molecule has 0 aromatic carbocycles. The molecule has 58 nitrogen and oxygen atoms in total. The van der Waals surface area contributed by atoms with Crippen molar-refractivity contribution >= 4 is 151 Å². The molecule has 7 fully saturated rings. The summed E-state index contributed by atoms with van der Waals surface area (Å²) in [5.74, 6) is -9.69. The van der Waals surface area contributed by atoms with Gasteiger partial charge < -0.3 is 147 Å². The fourth-order valence-corrected chi connectivity index (χ4v) is 22.1. The number of carboxylic acids is 5. The van der Waals surface area contributed by atoms with Gasteiger partial charge in [0.05, 0.1) is 49.4 Å². The number of aryl methyl sites for hydroxylation is 3. The van der Waals surface area contributed by atoms with Gasteiger partial charge in [0, 0.05) is 135 Å². The maximum atomic E-state index is 12.6. The van der Waals surface area contributed by atoms with Crippen LogP contribution in [0.15, 0.2) is 18.5 Å². The average molecular weight is 1930 g/mol. The molecule has 3 aromatic heterocycles. The Morgan fingerprint density at radius 1 is 0.445 bits per heavy atom. The van der Waals surface area contributed by atoms with Crippen molar-refractivity contribution in [2.24, 2.45) is 90.9 Å².